The van der Waals surface area contributed by atoms with Crippen LogP contribution in [0.4, 0.5) is 5.69 Å². The van der Waals surface area contributed by atoms with E-state index in [-0.39, 0.29) is 0 Å². The largest absolute Gasteiger partial charge is 0.185 e. The molecule has 16 heavy (non-hydrogen) atoms. The van der Waals surface area contributed by atoms with Crippen LogP contribution in [0.5, 0.6) is 0 Å². The molecule has 1 aliphatic rings. The van der Waals surface area contributed by atoms with Crippen molar-refractivity contribution in [3.63, 3.8) is 0 Å². The standard InChI is InChI=1S/C13H17BrN2/c1-10-5-7-12(8-6-10)15-16-13-4-2-3-11(14)9-13/h2-4,9-10,12H,5-8H2,1H3. The summed E-state index contributed by atoms with van der Waals surface area (Å²) in [5.74, 6) is 0.873. The minimum absolute atomic E-state index is 0.440. The SMILES string of the molecule is CC1CCC(N=Nc2cccc(Br)c2)CC1. The molecule has 0 heterocycles. The van der Waals surface area contributed by atoms with E-state index in [0.29, 0.717) is 6.04 Å². The van der Waals surface area contributed by atoms with Crippen LogP contribution in [0.15, 0.2) is 39.0 Å². The van der Waals surface area contributed by atoms with Gasteiger partial charge in [0.05, 0.1) is 11.7 Å². The highest BCUT2D eigenvalue weighted by atomic mass is 79.9. The molecular formula is C13H17BrN2. The van der Waals surface area contributed by atoms with Gasteiger partial charge in [0, 0.05) is 4.47 Å². The van der Waals surface area contributed by atoms with E-state index in [9.17, 15) is 0 Å². The lowest BCUT2D eigenvalue weighted by Gasteiger charge is -2.21. The van der Waals surface area contributed by atoms with Crippen molar-refractivity contribution in [2.24, 2.45) is 16.1 Å². The van der Waals surface area contributed by atoms with Crippen LogP contribution in [0.3, 0.4) is 0 Å². The second-order valence-corrected chi connectivity index (χ2v) is 5.52. The maximum atomic E-state index is 4.43. The van der Waals surface area contributed by atoms with E-state index >= 15 is 0 Å². The lowest BCUT2D eigenvalue weighted by atomic mass is 9.88. The Morgan fingerprint density at radius 2 is 1.94 bits per heavy atom. The molecule has 0 saturated heterocycles. The normalized spacial score (nSPS) is 26.1. The van der Waals surface area contributed by atoms with Crippen molar-refractivity contribution >= 4 is 21.6 Å². The molecule has 1 aromatic carbocycles. The molecule has 0 radical (unpaired) electrons. The van der Waals surface area contributed by atoms with Crippen molar-refractivity contribution in [2.75, 3.05) is 0 Å². The van der Waals surface area contributed by atoms with Crippen LogP contribution < -0.4 is 0 Å². The fraction of sp³-hybridized carbons (Fsp3) is 0.538. The summed E-state index contributed by atoms with van der Waals surface area (Å²) in [5, 5.41) is 8.74. The Morgan fingerprint density at radius 3 is 2.62 bits per heavy atom. The highest BCUT2D eigenvalue weighted by Crippen LogP contribution is 2.27. The zero-order chi connectivity index (χ0) is 11.4. The van der Waals surface area contributed by atoms with Gasteiger partial charge >= 0.3 is 0 Å². The molecule has 2 rings (SSSR count). The molecule has 1 aromatic rings. The van der Waals surface area contributed by atoms with E-state index in [0.717, 1.165) is 16.1 Å². The Labute approximate surface area is 105 Å². The number of nitrogens with zero attached hydrogens (tertiary/aromatic N) is 2. The summed E-state index contributed by atoms with van der Waals surface area (Å²) in [7, 11) is 0. The summed E-state index contributed by atoms with van der Waals surface area (Å²) in [6.45, 7) is 2.32. The highest BCUT2D eigenvalue weighted by molar-refractivity contribution is 9.10. The first-order valence-electron chi connectivity index (χ1n) is 5.90. The average Bonchev–Trinajstić information content (AvgIpc) is 2.28. The molecule has 2 nitrogen and oxygen atoms in total. The van der Waals surface area contributed by atoms with Gasteiger partial charge in [-0.1, -0.05) is 28.9 Å². The average molecular weight is 281 g/mol. The predicted octanol–water partition coefficient (Wildman–Crippen LogP) is 5.11. The van der Waals surface area contributed by atoms with Gasteiger partial charge in [-0.25, -0.2) is 0 Å². The van der Waals surface area contributed by atoms with Gasteiger partial charge < -0.3 is 0 Å². The van der Waals surface area contributed by atoms with E-state index in [1.54, 1.807) is 0 Å². The lowest BCUT2D eigenvalue weighted by molar-refractivity contribution is 0.343. The molecule has 0 N–H and O–H groups in total. The maximum absolute atomic E-state index is 4.43. The topological polar surface area (TPSA) is 24.7 Å². The number of azo groups is 1. The van der Waals surface area contributed by atoms with Crippen molar-refractivity contribution < 1.29 is 0 Å². The van der Waals surface area contributed by atoms with Gasteiger partial charge in [0.2, 0.25) is 0 Å². The zero-order valence-corrected chi connectivity index (χ0v) is 11.2. The Hall–Kier alpha value is -0.700. The van der Waals surface area contributed by atoms with E-state index in [1.165, 1.54) is 25.7 Å². The summed E-state index contributed by atoms with van der Waals surface area (Å²) in [4.78, 5) is 0. The van der Waals surface area contributed by atoms with Gasteiger partial charge in [0.1, 0.15) is 0 Å². The molecule has 0 amide bonds. The van der Waals surface area contributed by atoms with Gasteiger partial charge in [-0.3, -0.25) is 0 Å². The summed E-state index contributed by atoms with van der Waals surface area (Å²) in [5.41, 5.74) is 0.938. The predicted molar refractivity (Wildman–Crippen MR) is 70.1 cm³/mol. The molecule has 0 aromatic heterocycles. The van der Waals surface area contributed by atoms with Crippen LogP contribution in [-0.2, 0) is 0 Å². The lowest BCUT2D eigenvalue weighted by Crippen LogP contribution is -2.14. The van der Waals surface area contributed by atoms with Crippen molar-refractivity contribution in [1.29, 1.82) is 0 Å². The number of rotatable bonds is 2. The zero-order valence-electron chi connectivity index (χ0n) is 9.56. The molecule has 0 bridgehead atoms. The Bertz CT molecular complexity index is 368. The Balaban J connectivity index is 1.94. The minimum atomic E-state index is 0.440. The first kappa shape index (κ1) is 11.8. The van der Waals surface area contributed by atoms with E-state index in [2.05, 4.69) is 33.1 Å². The van der Waals surface area contributed by atoms with Crippen molar-refractivity contribution in [1.82, 2.24) is 0 Å². The molecule has 86 valence electrons. The third kappa shape index (κ3) is 3.41. The summed E-state index contributed by atoms with van der Waals surface area (Å²) < 4.78 is 1.06. The molecule has 3 heteroatoms. The van der Waals surface area contributed by atoms with Crippen molar-refractivity contribution in [3.8, 4) is 0 Å². The van der Waals surface area contributed by atoms with Gasteiger partial charge in [-0.15, -0.1) is 0 Å². The number of hydrogen-bond acceptors (Lipinski definition) is 2. The van der Waals surface area contributed by atoms with Crippen LogP contribution in [0.2, 0.25) is 0 Å². The van der Waals surface area contributed by atoms with Crippen LogP contribution in [0, 0.1) is 5.92 Å². The van der Waals surface area contributed by atoms with Crippen LogP contribution in [0.1, 0.15) is 32.6 Å². The third-order valence-electron chi connectivity index (χ3n) is 3.13. The summed E-state index contributed by atoms with van der Waals surface area (Å²) >= 11 is 3.43. The molecule has 1 aliphatic carbocycles. The smallest absolute Gasteiger partial charge is 0.0863 e. The Kier molecular flexibility index (Phi) is 4.10. The molecule has 0 aliphatic heterocycles. The van der Waals surface area contributed by atoms with Gasteiger partial charge in [-0.2, -0.15) is 10.2 Å². The van der Waals surface area contributed by atoms with Gasteiger partial charge in [-0.05, 0) is 49.8 Å². The fourth-order valence-electron chi connectivity index (χ4n) is 2.04. The second-order valence-electron chi connectivity index (χ2n) is 4.61. The maximum Gasteiger partial charge on any atom is 0.0863 e. The van der Waals surface area contributed by atoms with Gasteiger partial charge in [0.15, 0.2) is 0 Å². The van der Waals surface area contributed by atoms with Crippen molar-refractivity contribution in [3.05, 3.63) is 28.7 Å². The molecule has 1 saturated carbocycles. The van der Waals surface area contributed by atoms with Crippen molar-refractivity contribution in [2.45, 2.75) is 38.6 Å². The second kappa shape index (κ2) is 5.58. The Morgan fingerprint density at radius 1 is 1.19 bits per heavy atom. The molecule has 0 spiro atoms. The van der Waals surface area contributed by atoms with E-state index in [1.807, 2.05) is 24.3 Å². The fourth-order valence-corrected chi connectivity index (χ4v) is 2.43. The monoisotopic (exact) mass is 280 g/mol. The van der Waals surface area contributed by atoms with Crippen LogP contribution >= 0.6 is 15.9 Å². The molecule has 0 atom stereocenters. The first-order chi connectivity index (χ1) is 7.74. The minimum Gasteiger partial charge on any atom is -0.185 e. The first-order valence-corrected chi connectivity index (χ1v) is 6.70. The molecule has 1 fully saturated rings. The quantitative estimate of drug-likeness (QED) is 0.673. The number of halogens is 1. The van der Waals surface area contributed by atoms with Crippen LogP contribution in [-0.4, -0.2) is 6.04 Å². The van der Waals surface area contributed by atoms with Gasteiger partial charge in [0.25, 0.3) is 0 Å². The number of hydrogen-bond donors (Lipinski definition) is 0. The molecular weight excluding hydrogens is 264 g/mol. The van der Waals surface area contributed by atoms with E-state index in [4.69, 9.17) is 0 Å². The molecule has 0 unspecified atom stereocenters. The number of benzene rings is 1. The highest BCUT2D eigenvalue weighted by Gasteiger charge is 2.17. The third-order valence-corrected chi connectivity index (χ3v) is 3.62. The van der Waals surface area contributed by atoms with Crippen LogP contribution in [0.25, 0.3) is 0 Å². The van der Waals surface area contributed by atoms with E-state index < -0.39 is 0 Å². The summed E-state index contributed by atoms with van der Waals surface area (Å²) in [6, 6.07) is 8.41. The summed E-state index contributed by atoms with van der Waals surface area (Å²) in [6.07, 6.45) is 4.97.